The lowest BCUT2D eigenvalue weighted by Gasteiger charge is -2.29. The van der Waals surface area contributed by atoms with Crippen LogP contribution in [0, 0.1) is 6.92 Å². The van der Waals surface area contributed by atoms with Crippen molar-refractivity contribution in [3.8, 4) is 5.88 Å². The van der Waals surface area contributed by atoms with Crippen molar-refractivity contribution in [2.75, 3.05) is 18.1 Å². The standard InChI is InChI=1S/C17H19N3O2/c1-3-22-16-9-7-14(18-19-16)17(21)20-10-4-5-13-11-12(2)6-8-15(13)20/h6-9,11H,3-5,10H2,1-2H3. The maximum atomic E-state index is 12.7. The van der Waals surface area contributed by atoms with Gasteiger partial charge in [-0.25, -0.2) is 0 Å². The van der Waals surface area contributed by atoms with Gasteiger partial charge in [0.05, 0.1) is 6.61 Å². The maximum Gasteiger partial charge on any atom is 0.278 e. The van der Waals surface area contributed by atoms with Crippen molar-refractivity contribution in [1.82, 2.24) is 10.2 Å². The summed E-state index contributed by atoms with van der Waals surface area (Å²) in [6.45, 7) is 5.19. The molecule has 1 amide bonds. The van der Waals surface area contributed by atoms with E-state index in [0.29, 0.717) is 24.7 Å². The first-order valence-electron chi connectivity index (χ1n) is 7.57. The molecule has 0 fully saturated rings. The fraction of sp³-hybridized carbons (Fsp3) is 0.353. The molecule has 5 heteroatoms. The van der Waals surface area contributed by atoms with Crippen LogP contribution in [0.25, 0.3) is 0 Å². The number of ether oxygens (including phenoxy) is 1. The van der Waals surface area contributed by atoms with Crippen LogP contribution in [0.1, 0.15) is 35.0 Å². The molecule has 0 radical (unpaired) electrons. The largest absolute Gasteiger partial charge is 0.477 e. The van der Waals surface area contributed by atoms with Crippen molar-refractivity contribution < 1.29 is 9.53 Å². The Kier molecular flexibility index (Phi) is 4.04. The first kappa shape index (κ1) is 14.5. The van der Waals surface area contributed by atoms with Gasteiger partial charge in [0.1, 0.15) is 0 Å². The Morgan fingerprint density at radius 1 is 1.27 bits per heavy atom. The molecular weight excluding hydrogens is 278 g/mol. The second-order valence-corrected chi connectivity index (χ2v) is 5.38. The van der Waals surface area contributed by atoms with Crippen molar-refractivity contribution in [1.29, 1.82) is 0 Å². The van der Waals surface area contributed by atoms with Crippen LogP contribution in [-0.2, 0) is 6.42 Å². The number of carbonyl (C=O) groups excluding carboxylic acids is 1. The molecular formula is C17H19N3O2. The van der Waals surface area contributed by atoms with E-state index >= 15 is 0 Å². The van der Waals surface area contributed by atoms with Gasteiger partial charge in [0.15, 0.2) is 5.69 Å². The predicted octanol–water partition coefficient (Wildman–Crippen LogP) is 2.78. The van der Waals surface area contributed by atoms with Gasteiger partial charge in [-0.1, -0.05) is 17.7 Å². The molecule has 1 aliphatic heterocycles. The third-order valence-electron chi connectivity index (χ3n) is 3.75. The number of amides is 1. The van der Waals surface area contributed by atoms with E-state index in [1.54, 1.807) is 17.0 Å². The molecule has 22 heavy (non-hydrogen) atoms. The molecule has 1 aliphatic rings. The molecule has 0 bridgehead atoms. The molecule has 0 saturated heterocycles. The van der Waals surface area contributed by atoms with Gasteiger partial charge in [-0.3, -0.25) is 4.79 Å². The summed E-state index contributed by atoms with van der Waals surface area (Å²) in [4.78, 5) is 14.5. The molecule has 3 rings (SSSR count). The average molecular weight is 297 g/mol. The lowest BCUT2D eigenvalue weighted by Crippen LogP contribution is -2.36. The fourth-order valence-corrected chi connectivity index (χ4v) is 2.73. The predicted molar refractivity (Wildman–Crippen MR) is 84.4 cm³/mol. The number of aryl methyl sites for hydroxylation is 2. The number of rotatable bonds is 3. The zero-order chi connectivity index (χ0) is 15.5. The van der Waals surface area contributed by atoms with Gasteiger partial charge < -0.3 is 9.64 Å². The summed E-state index contributed by atoms with van der Waals surface area (Å²) in [5.74, 6) is 0.328. The van der Waals surface area contributed by atoms with E-state index in [9.17, 15) is 4.79 Å². The number of hydrogen-bond donors (Lipinski definition) is 0. The van der Waals surface area contributed by atoms with Crippen LogP contribution >= 0.6 is 0 Å². The minimum atomic E-state index is -0.111. The van der Waals surface area contributed by atoms with Gasteiger partial charge in [-0.05, 0) is 44.4 Å². The Morgan fingerprint density at radius 2 is 2.14 bits per heavy atom. The quantitative estimate of drug-likeness (QED) is 0.874. The monoisotopic (exact) mass is 297 g/mol. The Hall–Kier alpha value is -2.43. The fourth-order valence-electron chi connectivity index (χ4n) is 2.73. The Labute approximate surface area is 129 Å². The zero-order valence-corrected chi connectivity index (χ0v) is 12.9. The van der Waals surface area contributed by atoms with Crippen LogP contribution in [0.4, 0.5) is 5.69 Å². The van der Waals surface area contributed by atoms with E-state index in [0.717, 1.165) is 18.5 Å². The second-order valence-electron chi connectivity index (χ2n) is 5.38. The number of aromatic nitrogens is 2. The van der Waals surface area contributed by atoms with Crippen molar-refractivity contribution in [3.63, 3.8) is 0 Å². The number of benzene rings is 1. The van der Waals surface area contributed by atoms with Crippen LogP contribution in [-0.4, -0.2) is 29.3 Å². The summed E-state index contributed by atoms with van der Waals surface area (Å²) >= 11 is 0. The van der Waals surface area contributed by atoms with Crippen molar-refractivity contribution >= 4 is 11.6 Å². The molecule has 5 nitrogen and oxygen atoms in total. The highest BCUT2D eigenvalue weighted by atomic mass is 16.5. The molecule has 2 aromatic rings. The van der Waals surface area contributed by atoms with Gasteiger partial charge >= 0.3 is 0 Å². The Morgan fingerprint density at radius 3 is 2.86 bits per heavy atom. The molecule has 0 unspecified atom stereocenters. The van der Waals surface area contributed by atoms with Gasteiger partial charge in [0.25, 0.3) is 5.91 Å². The number of carbonyl (C=O) groups is 1. The molecule has 0 spiro atoms. The van der Waals surface area contributed by atoms with E-state index in [2.05, 4.69) is 23.2 Å². The summed E-state index contributed by atoms with van der Waals surface area (Å²) in [6.07, 6.45) is 1.97. The smallest absolute Gasteiger partial charge is 0.278 e. The normalized spacial score (nSPS) is 13.6. The summed E-state index contributed by atoms with van der Waals surface area (Å²) in [5, 5.41) is 7.93. The minimum Gasteiger partial charge on any atom is -0.477 e. The van der Waals surface area contributed by atoms with E-state index in [1.807, 2.05) is 19.1 Å². The van der Waals surface area contributed by atoms with Crippen LogP contribution < -0.4 is 9.64 Å². The average Bonchev–Trinajstić information content (AvgIpc) is 2.54. The molecule has 0 N–H and O–H groups in total. The van der Waals surface area contributed by atoms with Crippen LogP contribution in [0.2, 0.25) is 0 Å². The summed E-state index contributed by atoms with van der Waals surface area (Å²) in [5.41, 5.74) is 3.77. The number of nitrogens with zero attached hydrogens (tertiary/aromatic N) is 3. The summed E-state index contributed by atoms with van der Waals surface area (Å²) in [7, 11) is 0. The molecule has 114 valence electrons. The number of fused-ring (bicyclic) bond motifs is 1. The first-order valence-corrected chi connectivity index (χ1v) is 7.57. The minimum absolute atomic E-state index is 0.111. The van der Waals surface area contributed by atoms with Crippen LogP contribution in [0.3, 0.4) is 0 Å². The highest BCUT2D eigenvalue weighted by Gasteiger charge is 2.24. The van der Waals surface area contributed by atoms with E-state index < -0.39 is 0 Å². The highest BCUT2D eigenvalue weighted by molar-refractivity contribution is 6.05. The van der Waals surface area contributed by atoms with Crippen molar-refractivity contribution in [2.24, 2.45) is 0 Å². The lowest BCUT2D eigenvalue weighted by molar-refractivity contribution is 0.0979. The topological polar surface area (TPSA) is 55.3 Å². The molecule has 1 aromatic carbocycles. The Balaban J connectivity index is 1.87. The molecule has 1 aromatic heterocycles. The highest BCUT2D eigenvalue weighted by Crippen LogP contribution is 2.29. The van der Waals surface area contributed by atoms with Crippen molar-refractivity contribution in [2.45, 2.75) is 26.7 Å². The second kappa shape index (κ2) is 6.13. The third-order valence-corrected chi connectivity index (χ3v) is 3.75. The van der Waals surface area contributed by atoms with Crippen LogP contribution in [0.15, 0.2) is 30.3 Å². The number of hydrogen-bond acceptors (Lipinski definition) is 4. The first-order chi connectivity index (χ1) is 10.7. The Bertz CT molecular complexity index is 683. The maximum absolute atomic E-state index is 12.7. The van der Waals surface area contributed by atoms with E-state index in [4.69, 9.17) is 4.74 Å². The third kappa shape index (κ3) is 2.79. The van der Waals surface area contributed by atoms with E-state index in [1.165, 1.54) is 11.1 Å². The summed E-state index contributed by atoms with van der Waals surface area (Å²) in [6, 6.07) is 9.56. The van der Waals surface area contributed by atoms with Gasteiger partial charge in [-0.2, -0.15) is 0 Å². The SMILES string of the molecule is CCOc1ccc(C(=O)N2CCCc3cc(C)ccc32)nn1. The van der Waals surface area contributed by atoms with E-state index in [-0.39, 0.29) is 5.91 Å². The lowest BCUT2D eigenvalue weighted by atomic mass is 9.99. The van der Waals surface area contributed by atoms with Gasteiger partial charge in [0.2, 0.25) is 5.88 Å². The van der Waals surface area contributed by atoms with Crippen LogP contribution in [0.5, 0.6) is 5.88 Å². The number of anilines is 1. The van der Waals surface area contributed by atoms with Gasteiger partial charge in [-0.15, -0.1) is 10.2 Å². The zero-order valence-electron chi connectivity index (χ0n) is 12.9. The molecule has 2 heterocycles. The van der Waals surface area contributed by atoms with Crippen molar-refractivity contribution in [3.05, 3.63) is 47.2 Å². The molecule has 0 atom stereocenters. The molecule has 0 aliphatic carbocycles. The van der Waals surface area contributed by atoms with Gasteiger partial charge in [0, 0.05) is 18.3 Å². The summed E-state index contributed by atoms with van der Waals surface area (Å²) < 4.78 is 5.26. The molecule has 0 saturated carbocycles.